The van der Waals surface area contributed by atoms with Crippen molar-refractivity contribution < 1.29 is 8.42 Å². The van der Waals surface area contributed by atoms with E-state index >= 15 is 0 Å². The summed E-state index contributed by atoms with van der Waals surface area (Å²) in [6.07, 6.45) is 4.55. The summed E-state index contributed by atoms with van der Waals surface area (Å²) in [5.41, 5.74) is -0.0305. The molecular formula is C11H18N6O2S. The third-order valence-corrected chi connectivity index (χ3v) is 3.58. The van der Waals surface area contributed by atoms with Gasteiger partial charge in [-0.05, 0) is 20.8 Å². The van der Waals surface area contributed by atoms with Crippen LogP contribution in [0.2, 0.25) is 0 Å². The van der Waals surface area contributed by atoms with Crippen molar-refractivity contribution in [1.29, 1.82) is 0 Å². The van der Waals surface area contributed by atoms with Crippen LogP contribution in [-0.2, 0) is 10.0 Å². The number of hydrogen-bond donors (Lipinski definition) is 2. The van der Waals surface area contributed by atoms with E-state index in [2.05, 4.69) is 25.2 Å². The summed E-state index contributed by atoms with van der Waals surface area (Å²) in [6.45, 7) is 5.80. The van der Waals surface area contributed by atoms with Crippen LogP contribution in [0.25, 0.3) is 5.65 Å². The average molecular weight is 298 g/mol. The van der Waals surface area contributed by atoms with Gasteiger partial charge in [0.15, 0.2) is 5.82 Å². The first-order valence-electron chi connectivity index (χ1n) is 6.07. The molecule has 0 aliphatic carbocycles. The van der Waals surface area contributed by atoms with E-state index in [1.165, 1.54) is 0 Å². The van der Waals surface area contributed by atoms with E-state index in [0.717, 1.165) is 12.1 Å². The highest BCUT2D eigenvalue weighted by atomic mass is 32.2. The largest absolute Gasteiger partial charge is 0.365 e. The molecule has 0 aliphatic heterocycles. The second-order valence-corrected chi connectivity index (χ2v) is 7.08. The number of nitrogens with zero attached hydrogens (tertiary/aromatic N) is 4. The average Bonchev–Trinajstić information content (AvgIpc) is 2.66. The van der Waals surface area contributed by atoms with Gasteiger partial charge in [0.05, 0.1) is 6.26 Å². The molecule has 0 spiro atoms. The quantitative estimate of drug-likeness (QED) is 0.816. The van der Waals surface area contributed by atoms with Crippen molar-refractivity contribution in [1.82, 2.24) is 24.3 Å². The lowest BCUT2D eigenvalue weighted by molar-refractivity contribution is 0.476. The van der Waals surface area contributed by atoms with Gasteiger partial charge in [-0.3, -0.25) is 4.40 Å². The molecule has 0 aliphatic rings. The van der Waals surface area contributed by atoms with Gasteiger partial charge in [0.2, 0.25) is 15.7 Å². The number of sulfonamides is 1. The first-order valence-corrected chi connectivity index (χ1v) is 7.96. The normalized spacial score (nSPS) is 12.8. The van der Waals surface area contributed by atoms with Gasteiger partial charge >= 0.3 is 0 Å². The zero-order valence-corrected chi connectivity index (χ0v) is 12.7. The van der Waals surface area contributed by atoms with Crippen LogP contribution in [0.1, 0.15) is 19.7 Å². The number of aromatic nitrogens is 4. The number of aryl methyl sites for hydroxylation is 1. The Kier molecular flexibility index (Phi) is 3.65. The molecule has 0 saturated heterocycles. The molecule has 2 aromatic heterocycles. The van der Waals surface area contributed by atoms with Crippen molar-refractivity contribution in [3.05, 3.63) is 18.2 Å². The second-order valence-electron chi connectivity index (χ2n) is 5.33. The van der Waals surface area contributed by atoms with Crippen molar-refractivity contribution in [2.24, 2.45) is 0 Å². The topological polar surface area (TPSA) is 101 Å². The first-order chi connectivity index (χ1) is 9.18. The van der Waals surface area contributed by atoms with Gasteiger partial charge in [0, 0.05) is 24.5 Å². The molecule has 9 heteroatoms. The molecule has 2 N–H and O–H groups in total. The minimum Gasteiger partial charge on any atom is -0.365 e. The van der Waals surface area contributed by atoms with Gasteiger partial charge in [-0.25, -0.2) is 18.1 Å². The zero-order chi connectivity index (χ0) is 15.0. The first kappa shape index (κ1) is 14.7. The molecule has 2 aromatic rings. The van der Waals surface area contributed by atoms with Crippen LogP contribution in [-0.4, -0.2) is 46.3 Å². The van der Waals surface area contributed by atoms with E-state index in [9.17, 15) is 8.42 Å². The standard InChI is InChI=1S/C11H18N6O2S/c1-8-14-15-10-9(12-5-6-17(8)10)13-7-11(2,3)16-20(4,18)19/h5-6,16H,7H2,1-4H3,(H,12,13). The third-order valence-electron chi connectivity index (χ3n) is 2.66. The molecule has 0 bridgehead atoms. The summed E-state index contributed by atoms with van der Waals surface area (Å²) in [5.74, 6) is 1.33. The van der Waals surface area contributed by atoms with Crippen LogP contribution in [0.15, 0.2) is 12.4 Å². The highest BCUT2D eigenvalue weighted by Gasteiger charge is 2.22. The molecule has 2 heterocycles. The maximum Gasteiger partial charge on any atom is 0.209 e. The van der Waals surface area contributed by atoms with Crippen molar-refractivity contribution in [2.75, 3.05) is 18.1 Å². The molecule has 0 fully saturated rings. The van der Waals surface area contributed by atoms with Crippen molar-refractivity contribution in [2.45, 2.75) is 26.3 Å². The Hall–Kier alpha value is -1.74. The molecule has 110 valence electrons. The van der Waals surface area contributed by atoms with E-state index in [1.807, 2.05) is 11.3 Å². The van der Waals surface area contributed by atoms with Gasteiger partial charge in [-0.2, -0.15) is 0 Å². The van der Waals surface area contributed by atoms with Crippen LogP contribution in [0.5, 0.6) is 0 Å². The molecule has 20 heavy (non-hydrogen) atoms. The summed E-state index contributed by atoms with van der Waals surface area (Å²) in [4.78, 5) is 4.21. The van der Waals surface area contributed by atoms with Gasteiger partial charge < -0.3 is 5.32 Å². The predicted octanol–water partition coefficient (Wildman–Crippen LogP) is 0.172. The smallest absolute Gasteiger partial charge is 0.209 e. The van der Waals surface area contributed by atoms with Gasteiger partial charge in [-0.1, -0.05) is 0 Å². The molecule has 0 amide bonds. The number of fused-ring (bicyclic) bond motifs is 1. The summed E-state index contributed by atoms with van der Waals surface area (Å²) in [6, 6.07) is 0. The number of rotatable bonds is 5. The van der Waals surface area contributed by atoms with E-state index in [0.29, 0.717) is 18.0 Å². The Morgan fingerprint density at radius 2 is 2.05 bits per heavy atom. The molecule has 0 aromatic carbocycles. The van der Waals surface area contributed by atoms with Crippen LogP contribution < -0.4 is 10.0 Å². The monoisotopic (exact) mass is 298 g/mol. The van der Waals surface area contributed by atoms with Crippen LogP contribution in [0.3, 0.4) is 0 Å². The fourth-order valence-electron chi connectivity index (χ4n) is 1.91. The molecule has 0 atom stereocenters. The Balaban J connectivity index is 2.17. The molecule has 0 radical (unpaired) electrons. The Bertz CT molecular complexity index is 722. The molecule has 8 nitrogen and oxygen atoms in total. The Morgan fingerprint density at radius 3 is 2.70 bits per heavy atom. The maximum atomic E-state index is 11.3. The van der Waals surface area contributed by atoms with Gasteiger partial charge in [0.1, 0.15) is 5.82 Å². The van der Waals surface area contributed by atoms with E-state index < -0.39 is 15.6 Å². The zero-order valence-electron chi connectivity index (χ0n) is 11.9. The fourth-order valence-corrected chi connectivity index (χ4v) is 2.98. The maximum absolute atomic E-state index is 11.3. The van der Waals surface area contributed by atoms with E-state index in [1.54, 1.807) is 26.2 Å². The minimum atomic E-state index is -3.27. The molecule has 0 saturated carbocycles. The highest BCUT2D eigenvalue weighted by molar-refractivity contribution is 7.88. The number of anilines is 1. The van der Waals surface area contributed by atoms with Crippen LogP contribution in [0, 0.1) is 6.92 Å². The lowest BCUT2D eigenvalue weighted by Crippen LogP contribution is -2.47. The van der Waals surface area contributed by atoms with Gasteiger partial charge in [0.25, 0.3) is 0 Å². The summed E-state index contributed by atoms with van der Waals surface area (Å²) in [7, 11) is -3.27. The SMILES string of the molecule is Cc1nnc2c(NCC(C)(C)NS(C)(=O)=O)nccn12. The van der Waals surface area contributed by atoms with Crippen molar-refractivity contribution in [3.63, 3.8) is 0 Å². The predicted molar refractivity (Wildman–Crippen MR) is 76.1 cm³/mol. The fraction of sp³-hybridized carbons (Fsp3) is 0.545. The molecule has 0 unspecified atom stereocenters. The van der Waals surface area contributed by atoms with Crippen LogP contribution in [0.4, 0.5) is 5.82 Å². The Morgan fingerprint density at radius 1 is 1.35 bits per heavy atom. The minimum absolute atomic E-state index is 0.374. The lowest BCUT2D eigenvalue weighted by atomic mass is 10.1. The van der Waals surface area contributed by atoms with Gasteiger partial charge in [-0.15, -0.1) is 10.2 Å². The van der Waals surface area contributed by atoms with E-state index in [4.69, 9.17) is 0 Å². The second kappa shape index (κ2) is 4.98. The summed E-state index contributed by atoms with van der Waals surface area (Å²) in [5, 5.41) is 11.1. The Labute approximate surface area is 117 Å². The lowest BCUT2D eigenvalue weighted by Gasteiger charge is -2.25. The van der Waals surface area contributed by atoms with E-state index in [-0.39, 0.29) is 0 Å². The summed E-state index contributed by atoms with van der Waals surface area (Å²) >= 11 is 0. The highest BCUT2D eigenvalue weighted by Crippen LogP contribution is 2.13. The summed E-state index contributed by atoms with van der Waals surface area (Å²) < 4.78 is 27.0. The van der Waals surface area contributed by atoms with Crippen LogP contribution >= 0.6 is 0 Å². The van der Waals surface area contributed by atoms with Crippen molar-refractivity contribution in [3.8, 4) is 0 Å². The molecule has 2 rings (SSSR count). The number of hydrogen-bond acceptors (Lipinski definition) is 6. The third kappa shape index (κ3) is 3.42. The van der Waals surface area contributed by atoms with Crippen molar-refractivity contribution >= 4 is 21.5 Å². The molecular weight excluding hydrogens is 280 g/mol. The number of nitrogens with one attached hydrogen (secondary N) is 2.